The lowest BCUT2D eigenvalue weighted by atomic mass is 9.93. The molecule has 3 heteroatoms. The summed E-state index contributed by atoms with van der Waals surface area (Å²) in [6.45, 7) is 3.35. The molecule has 104 valence electrons. The predicted molar refractivity (Wildman–Crippen MR) is 90.0 cm³/mol. The fourth-order valence-electron chi connectivity index (χ4n) is 2.93. The van der Waals surface area contributed by atoms with Crippen LogP contribution in [-0.4, -0.2) is 6.54 Å². The van der Waals surface area contributed by atoms with Gasteiger partial charge in [-0.3, -0.25) is 0 Å². The van der Waals surface area contributed by atoms with Crippen LogP contribution in [0.15, 0.2) is 46.9 Å². The average molecular weight is 351 g/mol. The summed E-state index contributed by atoms with van der Waals surface area (Å²) in [4.78, 5) is 2.41. The lowest BCUT2D eigenvalue weighted by Gasteiger charge is -2.36. The first kappa shape index (κ1) is 14.0. The largest absolute Gasteiger partial charge is 0.341 e. The second-order valence-corrected chi connectivity index (χ2v) is 6.64. The molecule has 3 rings (SSSR count). The van der Waals surface area contributed by atoms with Crippen LogP contribution in [0.4, 0.5) is 11.4 Å². The number of nitrogens with zero attached hydrogens (tertiary/aromatic N) is 1. The zero-order chi connectivity index (χ0) is 14.1. The number of para-hydroxylation sites is 1. The second-order valence-electron chi connectivity index (χ2n) is 5.46. The van der Waals surface area contributed by atoms with Crippen LogP contribution in [0.5, 0.6) is 0 Å². The number of alkyl halides is 1. The molecule has 0 saturated heterocycles. The molecule has 0 N–H and O–H groups in total. The highest BCUT2D eigenvalue weighted by atomic mass is 79.9. The van der Waals surface area contributed by atoms with E-state index in [-0.39, 0.29) is 0 Å². The van der Waals surface area contributed by atoms with Crippen molar-refractivity contribution >= 4 is 38.9 Å². The van der Waals surface area contributed by atoms with Crippen LogP contribution in [0.1, 0.15) is 18.1 Å². The molecular weight excluding hydrogens is 334 g/mol. The molecule has 1 atom stereocenters. The number of rotatable bonds is 2. The summed E-state index contributed by atoms with van der Waals surface area (Å²) in [5, 5.41) is 0. The highest BCUT2D eigenvalue weighted by molar-refractivity contribution is 9.10. The fraction of sp³-hybridized carbons (Fsp3) is 0.294. The third-order valence-electron chi connectivity index (χ3n) is 3.83. The molecule has 0 aliphatic carbocycles. The Bertz CT molecular complexity index is 626. The molecule has 0 aromatic heterocycles. The lowest BCUT2D eigenvalue weighted by molar-refractivity contribution is 0.562. The van der Waals surface area contributed by atoms with Crippen molar-refractivity contribution < 1.29 is 0 Å². The smallest absolute Gasteiger partial charge is 0.0494 e. The van der Waals surface area contributed by atoms with Gasteiger partial charge in [-0.15, -0.1) is 11.6 Å². The fourth-order valence-corrected chi connectivity index (χ4v) is 3.50. The van der Waals surface area contributed by atoms with E-state index in [4.69, 9.17) is 11.6 Å². The van der Waals surface area contributed by atoms with Gasteiger partial charge in [-0.1, -0.05) is 47.1 Å². The van der Waals surface area contributed by atoms with Crippen LogP contribution in [0.25, 0.3) is 0 Å². The third-order valence-corrected chi connectivity index (χ3v) is 4.61. The lowest BCUT2D eigenvalue weighted by Crippen LogP contribution is -2.31. The molecule has 0 radical (unpaired) electrons. The molecule has 20 heavy (non-hydrogen) atoms. The standard InChI is InChI=1S/C17H17BrClN/c1-12-8-13-4-2-3-5-16(13)20(11-12)17-9-15(18)7-6-14(17)10-19/h2-7,9,12H,8,10-11H2,1H3. The maximum Gasteiger partial charge on any atom is 0.0494 e. The number of halogens is 2. The molecule has 0 bridgehead atoms. The van der Waals surface area contributed by atoms with Crippen molar-refractivity contribution in [2.24, 2.45) is 5.92 Å². The van der Waals surface area contributed by atoms with Gasteiger partial charge < -0.3 is 4.90 Å². The van der Waals surface area contributed by atoms with E-state index in [0.29, 0.717) is 11.8 Å². The Morgan fingerprint density at radius 3 is 2.80 bits per heavy atom. The third kappa shape index (κ3) is 2.59. The number of hydrogen-bond acceptors (Lipinski definition) is 1. The Hall–Kier alpha value is -0.990. The van der Waals surface area contributed by atoms with E-state index < -0.39 is 0 Å². The molecule has 0 amide bonds. The molecule has 2 aromatic rings. The zero-order valence-electron chi connectivity index (χ0n) is 11.4. The van der Waals surface area contributed by atoms with Crippen molar-refractivity contribution in [2.45, 2.75) is 19.2 Å². The van der Waals surface area contributed by atoms with Gasteiger partial charge in [0.1, 0.15) is 0 Å². The monoisotopic (exact) mass is 349 g/mol. The van der Waals surface area contributed by atoms with E-state index >= 15 is 0 Å². The number of benzene rings is 2. The normalized spacial score (nSPS) is 17.9. The molecule has 1 aliphatic heterocycles. The van der Waals surface area contributed by atoms with E-state index in [1.165, 1.54) is 22.5 Å². The zero-order valence-corrected chi connectivity index (χ0v) is 13.8. The van der Waals surface area contributed by atoms with Gasteiger partial charge in [-0.05, 0) is 41.7 Å². The van der Waals surface area contributed by atoms with E-state index in [1.54, 1.807) is 0 Å². The van der Waals surface area contributed by atoms with Gasteiger partial charge in [0, 0.05) is 28.3 Å². The summed E-state index contributed by atoms with van der Waals surface area (Å²) < 4.78 is 1.09. The van der Waals surface area contributed by atoms with E-state index in [1.807, 2.05) is 0 Å². The first-order chi connectivity index (χ1) is 9.69. The van der Waals surface area contributed by atoms with Crippen molar-refractivity contribution in [1.82, 2.24) is 0 Å². The quantitative estimate of drug-likeness (QED) is 0.645. The summed E-state index contributed by atoms with van der Waals surface area (Å²) in [5.74, 6) is 1.18. The molecule has 1 unspecified atom stereocenters. The van der Waals surface area contributed by atoms with E-state index in [9.17, 15) is 0 Å². The minimum atomic E-state index is 0.537. The minimum absolute atomic E-state index is 0.537. The summed E-state index contributed by atoms with van der Waals surface area (Å²) in [6, 6.07) is 15.0. The maximum absolute atomic E-state index is 6.13. The first-order valence-corrected chi connectivity index (χ1v) is 8.21. The van der Waals surface area contributed by atoms with Crippen molar-refractivity contribution in [2.75, 3.05) is 11.4 Å². The summed E-state index contributed by atoms with van der Waals surface area (Å²) in [5.41, 5.74) is 5.13. The predicted octanol–water partition coefficient (Wildman–Crippen LogP) is 5.52. The van der Waals surface area contributed by atoms with Crippen molar-refractivity contribution in [3.8, 4) is 0 Å². The molecule has 0 fully saturated rings. The van der Waals surface area contributed by atoms with Gasteiger partial charge in [-0.2, -0.15) is 0 Å². The number of hydrogen-bond donors (Lipinski definition) is 0. The van der Waals surface area contributed by atoms with Crippen molar-refractivity contribution in [3.05, 3.63) is 58.1 Å². The van der Waals surface area contributed by atoms with Crippen molar-refractivity contribution in [3.63, 3.8) is 0 Å². The van der Waals surface area contributed by atoms with Crippen LogP contribution < -0.4 is 4.90 Å². The topological polar surface area (TPSA) is 3.24 Å². The summed E-state index contributed by atoms with van der Waals surface area (Å²) >= 11 is 9.70. The van der Waals surface area contributed by atoms with Crippen LogP contribution >= 0.6 is 27.5 Å². The van der Waals surface area contributed by atoms with Gasteiger partial charge in [0.05, 0.1) is 0 Å². The van der Waals surface area contributed by atoms with Gasteiger partial charge in [0.15, 0.2) is 0 Å². The maximum atomic E-state index is 6.13. The Morgan fingerprint density at radius 1 is 1.20 bits per heavy atom. The molecule has 0 spiro atoms. The van der Waals surface area contributed by atoms with Crippen LogP contribution in [0.3, 0.4) is 0 Å². The molecule has 1 heterocycles. The van der Waals surface area contributed by atoms with Crippen LogP contribution in [0, 0.1) is 5.92 Å². The van der Waals surface area contributed by atoms with Gasteiger partial charge in [0.25, 0.3) is 0 Å². The molecule has 2 aromatic carbocycles. The Morgan fingerprint density at radius 2 is 2.00 bits per heavy atom. The van der Waals surface area contributed by atoms with Crippen LogP contribution in [-0.2, 0) is 12.3 Å². The van der Waals surface area contributed by atoms with Gasteiger partial charge in [0.2, 0.25) is 0 Å². The van der Waals surface area contributed by atoms with Crippen molar-refractivity contribution in [1.29, 1.82) is 0 Å². The second kappa shape index (κ2) is 5.79. The SMILES string of the molecule is CC1Cc2ccccc2N(c2cc(Br)ccc2CCl)C1. The number of fused-ring (bicyclic) bond motifs is 1. The Balaban J connectivity index is 2.13. The number of anilines is 2. The molecular formula is C17H17BrClN. The molecule has 0 saturated carbocycles. The van der Waals surface area contributed by atoms with Crippen LogP contribution in [0.2, 0.25) is 0 Å². The Labute approximate surface area is 133 Å². The first-order valence-electron chi connectivity index (χ1n) is 6.89. The van der Waals surface area contributed by atoms with Gasteiger partial charge in [-0.25, -0.2) is 0 Å². The minimum Gasteiger partial charge on any atom is -0.341 e. The highest BCUT2D eigenvalue weighted by Gasteiger charge is 2.24. The summed E-state index contributed by atoms with van der Waals surface area (Å²) in [6.07, 6.45) is 1.15. The van der Waals surface area contributed by atoms with Gasteiger partial charge >= 0.3 is 0 Å². The Kier molecular flexibility index (Phi) is 4.04. The average Bonchev–Trinajstić information content (AvgIpc) is 2.46. The van der Waals surface area contributed by atoms with E-state index in [2.05, 4.69) is 70.2 Å². The molecule has 1 aliphatic rings. The molecule has 1 nitrogen and oxygen atoms in total. The summed E-state index contributed by atoms with van der Waals surface area (Å²) in [7, 11) is 0. The highest BCUT2D eigenvalue weighted by Crippen LogP contribution is 2.38. The van der Waals surface area contributed by atoms with E-state index in [0.717, 1.165) is 17.4 Å².